The molecule has 0 atom stereocenters. The molecule has 3 heteroatoms. The Bertz CT molecular complexity index is 161. The van der Waals surface area contributed by atoms with Crippen molar-refractivity contribution in [2.45, 2.75) is 43.5 Å². The average Bonchev–Trinajstić information content (AvgIpc) is 2.78. The molecule has 0 aromatic carbocycles. The zero-order chi connectivity index (χ0) is 9.95. The summed E-state index contributed by atoms with van der Waals surface area (Å²) < 4.78 is 0.541. The van der Waals surface area contributed by atoms with Gasteiger partial charge in [-0.05, 0) is 45.9 Å². The van der Waals surface area contributed by atoms with Gasteiger partial charge in [-0.15, -0.1) is 0 Å². The monoisotopic (exact) mass is 203 g/mol. The molecule has 1 fully saturated rings. The molecule has 2 N–H and O–H groups in total. The summed E-state index contributed by atoms with van der Waals surface area (Å²) in [5, 5.41) is 12.9. The first-order chi connectivity index (χ1) is 5.97. The van der Waals surface area contributed by atoms with E-state index in [0.29, 0.717) is 4.75 Å². The fraction of sp³-hybridized carbons (Fsp3) is 1.00. The van der Waals surface area contributed by atoms with Crippen molar-refractivity contribution in [1.82, 2.24) is 5.32 Å². The molecule has 2 nitrogen and oxygen atoms in total. The molecule has 0 amide bonds. The van der Waals surface area contributed by atoms with E-state index in [1.54, 1.807) is 0 Å². The predicted molar refractivity (Wildman–Crippen MR) is 59.3 cm³/mol. The minimum absolute atomic E-state index is 0.525. The van der Waals surface area contributed by atoms with Crippen molar-refractivity contribution in [3.05, 3.63) is 0 Å². The van der Waals surface area contributed by atoms with E-state index in [4.69, 9.17) is 0 Å². The normalized spacial score (nSPS) is 20.3. The molecule has 78 valence electrons. The highest BCUT2D eigenvalue weighted by atomic mass is 32.2. The van der Waals surface area contributed by atoms with Crippen LogP contribution < -0.4 is 5.32 Å². The van der Waals surface area contributed by atoms with Crippen molar-refractivity contribution >= 4 is 11.8 Å². The summed E-state index contributed by atoms with van der Waals surface area (Å²) in [5.41, 5.74) is -0.525. The van der Waals surface area contributed by atoms with Crippen LogP contribution in [-0.2, 0) is 0 Å². The van der Waals surface area contributed by atoms with Gasteiger partial charge in [-0.25, -0.2) is 0 Å². The lowest BCUT2D eigenvalue weighted by Crippen LogP contribution is -2.31. The molecule has 0 aliphatic heterocycles. The molecule has 0 aromatic rings. The lowest BCUT2D eigenvalue weighted by molar-refractivity contribution is 0.0712. The second kappa shape index (κ2) is 4.20. The first-order valence-electron chi connectivity index (χ1n) is 4.96. The van der Waals surface area contributed by atoms with Crippen LogP contribution in [-0.4, -0.2) is 34.8 Å². The summed E-state index contributed by atoms with van der Waals surface area (Å²) in [7, 11) is 0. The van der Waals surface area contributed by atoms with Gasteiger partial charge in [0.25, 0.3) is 0 Å². The van der Waals surface area contributed by atoms with Gasteiger partial charge in [-0.3, -0.25) is 0 Å². The van der Waals surface area contributed by atoms with Crippen LogP contribution in [0.25, 0.3) is 0 Å². The SMILES string of the molecule is CSC1(CNCCC(C)(C)O)CC1. The topological polar surface area (TPSA) is 32.3 Å². The highest BCUT2D eigenvalue weighted by Gasteiger charge is 2.41. The Labute approximate surface area is 85.5 Å². The number of thioether (sulfide) groups is 1. The second-order valence-electron chi connectivity index (χ2n) is 4.63. The molecule has 0 bridgehead atoms. The van der Waals surface area contributed by atoms with Crippen LogP contribution in [0.4, 0.5) is 0 Å². The van der Waals surface area contributed by atoms with Gasteiger partial charge in [0.15, 0.2) is 0 Å². The highest BCUT2D eigenvalue weighted by molar-refractivity contribution is 8.00. The molecule has 0 unspecified atom stereocenters. The highest BCUT2D eigenvalue weighted by Crippen LogP contribution is 2.46. The van der Waals surface area contributed by atoms with E-state index in [1.807, 2.05) is 25.6 Å². The lowest BCUT2D eigenvalue weighted by atomic mass is 10.1. The van der Waals surface area contributed by atoms with Gasteiger partial charge in [0.1, 0.15) is 0 Å². The van der Waals surface area contributed by atoms with E-state index in [2.05, 4.69) is 11.6 Å². The maximum absolute atomic E-state index is 9.47. The summed E-state index contributed by atoms with van der Waals surface area (Å²) in [6, 6.07) is 0. The predicted octanol–water partition coefficient (Wildman–Crippen LogP) is 1.63. The fourth-order valence-corrected chi connectivity index (χ4v) is 2.06. The van der Waals surface area contributed by atoms with E-state index in [-0.39, 0.29) is 0 Å². The van der Waals surface area contributed by atoms with Crippen molar-refractivity contribution < 1.29 is 5.11 Å². The molecule has 0 spiro atoms. The number of hydrogen-bond acceptors (Lipinski definition) is 3. The molecule has 0 saturated heterocycles. The zero-order valence-corrected chi connectivity index (χ0v) is 9.71. The van der Waals surface area contributed by atoms with E-state index in [0.717, 1.165) is 19.5 Å². The lowest BCUT2D eigenvalue weighted by Gasteiger charge is -2.18. The van der Waals surface area contributed by atoms with Crippen LogP contribution in [0.5, 0.6) is 0 Å². The second-order valence-corrected chi connectivity index (χ2v) is 5.90. The molecule has 0 aromatic heterocycles. The Balaban J connectivity index is 2.02. The van der Waals surface area contributed by atoms with Gasteiger partial charge >= 0.3 is 0 Å². The third-order valence-electron chi connectivity index (χ3n) is 2.60. The molecule has 1 rings (SSSR count). The molecular formula is C10H21NOS. The Morgan fingerprint density at radius 1 is 1.46 bits per heavy atom. The fourth-order valence-electron chi connectivity index (χ4n) is 1.30. The van der Waals surface area contributed by atoms with Crippen molar-refractivity contribution in [1.29, 1.82) is 0 Å². The van der Waals surface area contributed by atoms with Crippen LogP contribution in [0.15, 0.2) is 0 Å². The Kier molecular flexibility index (Phi) is 3.66. The maximum atomic E-state index is 9.47. The molecule has 1 aliphatic carbocycles. The third-order valence-corrected chi connectivity index (χ3v) is 4.02. The average molecular weight is 203 g/mol. The zero-order valence-electron chi connectivity index (χ0n) is 8.89. The Hall–Kier alpha value is 0.270. The molecule has 0 radical (unpaired) electrons. The molecule has 1 saturated carbocycles. The molecule has 13 heavy (non-hydrogen) atoms. The van der Waals surface area contributed by atoms with Gasteiger partial charge in [0, 0.05) is 11.3 Å². The molecular weight excluding hydrogens is 182 g/mol. The summed E-state index contributed by atoms with van der Waals surface area (Å²) in [5.74, 6) is 0. The van der Waals surface area contributed by atoms with Crippen molar-refractivity contribution in [3.8, 4) is 0 Å². The summed E-state index contributed by atoms with van der Waals surface area (Å²) in [6.07, 6.45) is 5.72. The minimum atomic E-state index is -0.525. The molecule has 0 heterocycles. The maximum Gasteiger partial charge on any atom is 0.0603 e. The molecule has 1 aliphatic rings. The van der Waals surface area contributed by atoms with E-state index in [9.17, 15) is 5.11 Å². The largest absolute Gasteiger partial charge is 0.390 e. The van der Waals surface area contributed by atoms with Gasteiger partial charge in [0.05, 0.1) is 5.60 Å². The summed E-state index contributed by atoms with van der Waals surface area (Å²) in [6.45, 7) is 5.74. The first-order valence-corrected chi connectivity index (χ1v) is 6.18. The number of rotatable bonds is 6. The van der Waals surface area contributed by atoms with E-state index < -0.39 is 5.60 Å². The quantitative estimate of drug-likeness (QED) is 0.644. The van der Waals surface area contributed by atoms with Crippen molar-refractivity contribution in [3.63, 3.8) is 0 Å². The smallest absolute Gasteiger partial charge is 0.0603 e. The van der Waals surface area contributed by atoms with Crippen molar-refractivity contribution in [2.24, 2.45) is 0 Å². The summed E-state index contributed by atoms with van der Waals surface area (Å²) >= 11 is 1.97. The summed E-state index contributed by atoms with van der Waals surface area (Å²) in [4.78, 5) is 0. The number of hydrogen-bond donors (Lipinski definition) is 2. The van der Waals surface area contributed by atoms with Crippen LogP contribution in [0, 0.1) is 0 Å². The van der Waals surface area contributed by atoms with Gasteiger partial charge in [-0.1, -0.05) is 0 Å². The van der Waals surface area contributed by atoms with E-state index in [1.165, 1.54) is 12.8 Å². The first kappa shape index (κ1) is 11.3. The Morgan fingerprint density at radius 3 is 2.46 bits per heavy atom. The van der Waals surface area contributed by atoms with Crippen LogP contribution in [0.1, 0.15) is 33.1 Å². The Morgan fingerprint density at radius 2 is 2.08 bits per heavy atom. The van der Waals surface area contributed by atoms with Gasteiger partial charge in [0.2, 0.25) is 0 Å². The van der Waals surface area contributed by atoms with Crippen LogP contribution in [0.2, 0.25) is 0 Å². The number of nitrogens with one attached hydrogen (secondary N) is 1. The standard InChI is InChI=1S/C10H21NOS/c1-9(2,12)6-7-11-8-10(13-3)4-5-10/h11-12H,4-8H2,1-3H3. The van der Waals surface area contributed by atoms with Gasteiger partial charge < -0.3 is 10.4 Å². The van der Waals surface area contributed by atoms with Crippen molar-refractivity contribution in [2.75, 3.05) is 19.3 Å². The minimum Gasteiger partial charge on any atom is -0.390 e. The third kappa shape index (κ3) is 4.34. The van der Waals surface area contributed by atoms with Gasteiger partial charge in [-0.2, -0.15) is 11.8 Å². The van der Waals surface area contributed by atoms with E-state index >= 15 is 0 Å². The van der Waals surface area contributed by atoms with Crippen LogP contribution >= 0.6 is 11.8 Å². The van der Waals surface area contributed by atoms with Crippen LogP contribution in [0.3, 0.4) is 0 Å². The number of aliphatic hydroxyl groups is 1.